The van der Waals surface area contributed by atoms with E-state index in [2.05, 4.69) is 22.7 Å². The average Bonchev–Trinajstić information content (AvgIpc) is 2.55. The Labute approximate surface area is 150 Å². The smallest absolute Gasteiger partial charge is 0.416 e. The Kier molecular flexibility index (Phi) is 5.72. The van der Waals surface area contributed by atoms with Gasteiger partial charge in [-0.3, -0.25) is 15.5 Å². The Morgan fingerprint density at radius 2 is 2.04 bits per heavy atom. The van der Waals surface area contributed by atoms with Crippen molar-refractivity contribution in [1.29, 1.82) is 0 Å². The Morgan fingerprint density at radius 1 is 1.31 bits per heavy atom. The molecule has 0 heterocycles. The molecule has 2 rings (SSSR count). The van der Waals surface area contributed by atoms with Crippen LogP contribution in [0.5, 0.6) is 11.5 Å². The minimum absolute atomic E-state index is 0.0831. The third-order valence-electron chi connectivity index (χ3n) is 2.96. The summed E-state index contributed by atoms with van der Waals surface area (Å²) in [4.78, 5) is 10.5. The Bertz CT molecular complexity index is 871. The number of nitro groups is 1. The lowest BCUT2D eigenvalue weighted by Gasteiger charge is -2.10. The quantitative estimate of drug-likeness (QED) is 0.354. The van der Waals surface area contributed by atoms with Crippen molar-refractivity contribution in [2.75, 3.05) is 0 Å². The van der Waals surface area contributed by atoms with Gasteiger partial charge in [0.15, 0.2) is 5.11 Å². The van der Waals surface area contributed by atoms with Crippen LogP contribution in [0, 0.1) is 10.1 Å². The van der Waals surface area contributed by atoms with Crippen molar-refractivity contribution in [2.24, 2.45) is 10.8 Å². The number of hydrogen-bond donors (Lipinski definition) is 2. The molecule has 0 aliphatic carbocycles. The first-order chi connectivity index (χ1) is 12.2. The topological polar surface area (TPSA) is 103 Å². The van der Waals surface area contributed by atoms with Gasteiger partial charge in [-0.1, -0.05) is 6.07 Å². The molecule has 0 aromatic heterocycles. The summed E-state index contributed by atoms with van der Waals surface area (Å²) in [5, 5.41) is 14.8. The summed E-state index contributed by atoms with van der Waals surface area (Å²) in [6.45, 7) is 0. The number of nitrogens with zero attached hydrogens (tertiary/aromatic N) is 2. The molecule has 0 bridgehead atoms. The molecule has 0 radical (unpaired) electrons. The van der Waals surface area contributed by atoms with E-state index in [-0.39, 0.29) is 16.6 Å². The number of thiocarbonyl (C=S) groups is 1. The van der Waals surface area contributed by atoms with Crippen molar-refractivity contribution >= 4 is 29.2 Å². The summed E-state index contributed by atoms with van der Waals surface area (Å²) < 4.78 is 43.5. The summed E-state index contributed by atoms with van der Waals surface area (Å²) in [5.74, 6) is -0.395. The molecule has 3 N–H and O–H groups in total. The van der Waals surface area contributed by atoms with Gasteiger partial charge in [-0.2, -0.15) is 18.3 Å². The minimum atomic E-state index is -4.55. The van der Waals surface area contributed by atoms with Crippen molar-refractivity contribution in [3.05, 3.63) is 63.7 Å². The van der Waals surface area contributed by atoms with Crippen LogP contribution in [-0.4, -0.2) is 16.3 Å². The number of rotatable bonds is 5. The maximum absolute atomic E-state index is 12.7. The van der Waals surface area contributed by atoms with Gasteiger partial charge in [0.1, 0.15) is 5.75 Å². The van der Waals surface area contributed by atoms with E-state index < -0.39 is 22.4 Å². The highest BCUT2D eigenvalue weighted by Gasteiger charge is 2.30. The maximum Gasteiger partial charge on any atom is 0.416 e. The molecule has 136 valence electrons. The van der Waals surface area contributed by atoms with Gasteiger partial charge in [0, 0.05) is 11.6 Å². The second-order valence-electron chi connectivity index (χ2n) is 4.85. The third-order valence-corrected chi connectivity index (χ3v) is 3.05. The molecule has 0 aliphatic rings. The summed E-state index contributed by atoms with van der Waals surface area (Å²) >= 11 is 4.55. The monoisotopic (exact) mass is 384 g/mol. The number of nitro benzene ring substituents is 1. The van der Waals surface area contributed by atoms with Crippen LogP contribution in [0.15, 0.2) is 47.6 Å². The van der Waals surface area contributed by atoms with Gasteiger partial charge in [0.2, 0.25) is 5.75 Å². The molecule has 7 nitrogen and oxygen atoms in total. The maximum atomic E-state index is 12.7. The molecule has 2 aromatic carbocycles. The number of halogens is 3. The van der Waals surface area contributed by atoms with E-state index in [1.165, 1.54) is 24.4 Å². The standard InChI is InChI=1S/C15H11F3N4O3S/c16-15(17,18)10-2-1-3-11(7-10)25-13-5-4-9(6-12(13)22(23)24)8-20-21-14(19)26/h1-8H,(H3,19,21,26). The predicted molar refractivity (Wildman–Crippen MR) is 92.1 cm³/mol. The lowest BCUT2D eigenvalue weighted by molar-refractivity contribution is -0.385. The van der Waals surface area contributed by atoms with Crippen molar-refractivity contribution in [3.63, 3.8) is 0 Å². The van der Waals surface area contributed by atoms with Crippen LogP contribution in [-0.2, 0) is 6.18 Å². The van der Waals surface area contributed by atoms with Crippen molar-refractivity contribution in [1.82, 2.24) is 5.43 Å². The van der Waals surface area contributed by atoms with Gasteiger partial charge in [-0.05, 0) is 42.5 Å². The van der Waals surface area contributed by atoms with Gasteiger partial charge in [0.25, 0.3) is 0 Å². The van der Waals surface area contributed by atoms with Gasteiger partial charge >= 0.3 is 11.9 Å². The average molecular weight is 384 g/mol. The van der Waals surface area contributed by atoms with Crippen LogP contribution in [0.25, 0.3) is 0 Å². The van der Waals surface area contributed by atoms with E-state index in [1.54, 1.807) is 0 Å². The van der Waals surface area contributed by atoms with Gasteiger partial charge in [-0.25, -0.2) is 0 Å². The summed E-state index contributed by atoms with van der Waals surface area (Å²) in [7, 11) is 0. The van der Waals surface area contributed by atoms with Crippen LogP contribution in [0.4, 0.5) is 18.9 Å². The van der Waals surface area contributed by atoms with E-state index in [4.69, 9.17) is 10.5 Å². The number of hydrogen-bond acceptors (Lipinski definition) is 5. The van der Waals surface area contributed by atoms with Crippen LogP contribution in [0.3, 0.4) is 0 Å². The van der Waals surface area contributed by atoms with Crippen molar-refractivity contribution in [2.45, 2.75) is 6.18 Å². The highest BCUT2D eigenvalue weighted by Crippen LogP contribution is 2.35. The fourth-order valence-electron chi connectivity index (χ4n) is 1.88. The molecule has 0 saturated carbocycles. The molecule has 0 saturated heterocycles. The van der Waals surface area contributed by atoms with Crippen molar-refractivity contribution < 1.29 is 22.8 Å². The zero-order chi connectivity index (χ0) is 19.3. The molecular weight excluding hydrogens is 373 g/mol. The molecule has 0 amide bonds. The Morgan fingerprint density at radius 3 is 2.65 bits per heavy atom. The molecule has 0 atom stereocenters. The van der Waals surface area contributed by atoms with Crippen LogP contribution in [0.2, 0.25) is 0 Å². The van der Waals surface area contributed by atoms with Crippen LogP contribution < -0.4 is 15.9 Å². The SMILES string of the molecule is NC(=S)NN=Cc1ccc(Oc2cccc(C(F)(F)F)c2)c([N+](=O)[O-])c1. The molecule has 26 heavy (non-hydrogen) atoms. The molecule has 0 fully saturated rings. The minimum Gasteiger partial charge on any atom is -0.450 e. The van der Waals surface area contributed by atoms with Gasteiger partial charge in [-0.15, -0.1) is 0 Å². The highest BCUT2D eigenvalue weighted by atomic mass is 32.1. The van der Waals surface area contributed by atoms with Gasteiger partial charge in [0.05, 0.1) is 16.7 Å². The molecule has 11 heteroatoms. The normalized spacial score (nSPS) is 11.3. The van der Waals surface area contributed by atoms with E-state index in [0.717, 1.165) is 24.3 Å². The highest BCUT2D eigenvalue weighted by molar-refractivity contribution is 7.80. The molecule has 0 unspecified atom stereocenters. The van der Waals surface area contributed by atoms with E-state index in [0.29, 0.717) is 5.56 Å². The van der Waals surface area contributed by atoms with Gasteiger partial charge < -0.3 is 10.5 Å². The molecule has 0 spiro atoms. The molecular formula is C15H11F3N4O3S. The fourth-order valence-corrected chi connectivity index (χ4v) is 1.93. The van der Waals surface area contributed by atoms with Crippen LogP contribution >= 0.6 is 12.2 Å². The number of nitrogens with two attached hydrogens (primary N) is 1. The predicted octanol–water partition coefficient (Wildman–Crippen LogP) is 3.57. The zero-order valence-electron chi connectivity index (χ0n) is 12.9. The number of ether oxygens (including phenoxy) is 1. The van der Waals surface area contributed by atoms with E-state index >= 15 is 0 Å². The fraction of sp³-hybridized carbons (Fsp3) is 0.0667. The second kappa shape index (κ2) is 7.78. The second-order valence-corrected chi connectivity index (χ2v) is 5.29. The zero-order valence-corrected chi connectivity index (χ0v) is 13.7. The van der Waals surface area contributed by atoms with Crippen LogP contribution in [0.1, 0.15) is 11.1 Å². The lowest BCUT2D eigenvalue weighted by Crippen LogP contribution is -2.23. The number of nitrogens with one attached hydrogen (secondary N) is 1. The third kappa shape index (κ3) is 5.14. The number of benzene rings is 2. The molecule has 2 aromatic rings. The van der Waals surface area contributed by atoms with E-state index in [1.807, 2.05) is 0 Å². The number of alkyl halides is 3. The Balaban J connectivity index is 2.31. The summed E-state index contributed by atoms with van der Waals surface area (Å²) in [6.07, 6.45) is -3.32. The first-order valence-electron chi connectivity index (χ1n) is 6.89. The lowest BCUT2D eigenvalue weighted by atomic mass is 10.2. The summed E-state index contributed by atoms with van der Waals surface area (Å²) in [6, 6.07) is 7.86. The van der Waals surface area contributed by atoms with Crippen molar-refractivity contribution in [3.8, 4) is 11.5 Å². The number of hydrazone groups is 1. The Hall–Kier alpha value is -3.21. The first-order valence-corrected chi connectivity index (χ1v) is 7.29. The molecule has 0 aliphatic heterocycles. The van der Waals surface area contributed by atoms with E-state index in [9.17, 15) is 23.3 Å². The first kappa shape index (κ1) is 19.1. The largest absolute Gasteiger partial charge is 0.450 e. The summed E-state index contributed by atoms with van der Waals surface area (Å²) in [5.41, 5.74) is 6.44.